The van der Waals surface area contributed by atoms with E-state index < -0.39 is 82.4 Å². The van der Waals surface area contributed by atoms with Gasteiger partial charge in [-0.3, -0.25) is 9.05 Å². The molecule has 0 unspecified atom stereocenters. The van der Waals surface area contributed by atoms with E-state index in [2.05, 4.69) is 9.05 Å². The molecule has 0 aromatic carbocycles. The maximum Gasteiger partial charge on any atom is 0.473 e. The summed E-state index contributed by atoms with van der Waals surface area (Å²) >= 11 is 0. The van der Waals surface area contributed by atoms with Crippen LogP contribution in [-0.4, -0.2) is 120 Å². The van der Waals surface area contributed by atoms with Crippen molar-refractivity contribution < 1.29 is 68.8 Å². The van der Waals surface area contributed by atoms with Crippen LogP contribution >= 0.6 is 7.82 Å². The molecule has 2 fully saturated rings. The molecule has 10 atom stereocenters. The summed E-state index contributed by atoms with van der Waals surface area (Å²) in [5.41, 5.74) is 0. The lowest BCUT2D eigenvalue weighted by Gasteiger charge is -2.42. The van der Waals surface area contributed by atoms with Crippen LogP contribution in [0.2, 0.25) is 0 Å². The van der Waals surface area contributed by atoms with Crippen LogP contribution in [0.25, 0.3) is 0 Å². The highest BCUT2D eigenvalue weighted by molar-refractivity contribution is 7.47. The number of hydrogen-bond acceptors (Lipinski definition) is 13. The van der Waals surface area contributed by atoms with Crippen LogP contribution in [0.4, 0.5) is 0 Å². The zero-order chi connectivity index (χ0) is 20.5. The van der Waals surface area contributed by atoms with Crippen LogP contribution < -0.4 is 0 Å². The highest BCUT2D eigenvalue weighted by Gasteiger charge is 2.51. The second kappa shape index (κ2) is 9.02. The Bertz CT molecular complexity index is 492. The Morgan fingerprint density at radius 3 is 1.33 bits per heavy atom. The Kier molecular flexibility index (Phi) is 7.68. The van der Waals surface area contributed by atoms with Crippen LogP contribution in [0, 0.1) is 0 Å². The van der Waals surface area contributed by atoms with Crippen molar-refractivity contribution in [1.82, 2.24) is 0 Å². The quantitative estimate of drug-likeness (QED) is 0.182. The molecule has 14 nitrogen and oxygen atoms in total. The summed E-state index contributed by atoms with van der Waals surface area (Å²) in [6.45, 7) is -1.53. The molecule has 0 radical (unpaired) electrons. The van der Waals surface area contributed by atoms with E-state index >= 15 is 0 Å². The minimum absolute atomic E-state index is 0.767. The molecule has 160 valence electrons. The maximum atomic E-state index is 12.1. The van der Waals surface area contributed by atoms with Gasteiger partial charge in [0.25, 0.3) is 0 Å². The second-order valence-electron chi connectivity index (χ2n) is 6.07. The van der Waals surface area contributed by atoms with Crippen molar-refractivity contribution in [2.75, 3.05) is 13.2 Å². The van der Waals surface area contributed by atoms with Gasteiger partial charge in [0.1, 0.15) is 48.8 Å². The molecular formula is C12H23O14P. The number of hydrogen-bond donors (Lipinski definition) is 9. The molecule has 0 aliphatic carbocycles. The van der Waals surface area contributed by atoms with E-state index in [9.17, 15) is 40.1 Å². The van der Waals surface area contributed by atoms with E-state index in [-0.39, 0.29) is 0 Å². The van der Waals surface area contributed by atoms with Crippen LogP contribution in [0.1, 0.15) is 0 Å². The lowest BCUT2D eigenvalue weighted by Crippen LogP contribution is -2.60. The van der Waals surface area contributed by atoms with Gasteiger partial charge >= 0.3 is 7.82 Å². The predicted octanol–water partition coefficient (Wildman–Crippen LogP) is -5.28. The largest absolute Gasteiger partial charge is 0.473 e. The first-order valence-electron chi connectivity index (χ1n) is 7.83. The Labute approximate surface area is 152 Å². The van der Waals surface area contributed by atoms with Gasteiger partial charge in [-0.1, -0.05) is 0 Å². The molecule has 0 aromatic rings. The van der Waals surface area contributed by atoms with Gasteiger partial charge in [0.15, 0.2) is 12.6 Å². The monoisotopic (exact) mass is 422 g/mol. The number of aliphatic hydroxyl groups excluding tert-OH is 8. The van der Waals surface area contributed by atoms with Crippen molar-refractivity contribution >= 4 is 7.82 Å². The maximum absolute atomic E-state index is 12.1. The Balaban J connectivity index is 2.07. The number of phosphoric acid groups is 1. The van der Waals surface area contributed by atoms with Gasteiger partial charge in [-0.2, -0.15) is 0 Å². The highest BCUT2D eigenvalue weighted by atomic mass is 31.2. The molecule has 0 aromatic heterocycles. The van der Waals surface area contributed by atoms with Crippen LogP contribution in [0.5, 0.6) is 0 Å². The molecule has 15 heteroatoms. The Morgan fingerprint density at radius 1 is 0.704 bits per heavy atom. The van der Waals surface area contributed by atoms with Gasteiger partial charge in [-0.25, -0.2) is 4.57 Å². The fourth-order valence-corrected chi connectivity index (χ4v) is 3.83. The smallest absolute Gasteiger partial charge is 0.394 e. The van der Waals surface area contributed by atoms with Crippen LogP contribution in [0.3, 0.4) is 0 Å². The van der Waals surface area contributed by atoms with E-state index in [4.69, 9.17) is 19.7 Å². The first-order chi connectivity index (χ1) is 12.5. The average molecular weight is 422 g/mol. The third-order valence-electron chi connectivity index (χ3n) is 4.20. The zero-order valence-corrected chi connectivity index (χ0v) is 14.6. The Hall–Kier alpha value is -0.290. The number of phosphoric ester groups is 1. The second-order valence-corrected chi connectivity index (χ2v) is 7.43. The van der Waals surface area contributed by atoms with Gasteiger partial charge in [0.2, 0.25) is 0 Å². The first kappa shape index (κ1) is 23.0. The van der Waals surface area contributed by atoms with Gasteiger partial charge < -0.3 is 55.2 Å². The van der Waals surface area contributed by atoms with E-state index in [1.54, 1.807) is 0 Å². The van der Waals surface area contributed by atoms with Crippen molar-refractivity contribution in [3.63, 3.8) is 0 Å². The van der Waals surface area contributed by atoms with Crippen molar-refractivity contribution in [3.05, 3.63) is 0 Å². The summed E-state index contributed by atoms with van der Waals surface area (Å²) in [6, 6.07) is 0. The van der Waals surface area contributed by atoms with Crippen LogP contribution in [-0.2, 0) is 23.1 Å². The lowest BCUT2D eigenvalue weighted by atomic mass is 9.99. The van der Waals surface area contributed by atoms with Gasteiger partial charge in [0.05, 0.1) is 13.2 Å². The van der Waals surface area contributed by atoms with Crippen molar-refractivity contribution in [3.8, 4) is 0 Å². The van der Waals surface area contributed by atoms with Crippen molar-refractivity contribution in [1.29, 1.82) is 0 Å². The third-order valence-corrected chi connectivity index (χ3v) is 5.21. The topological polar surface area (TPSA) is 236 Å². The lowest BCUT2D eigenvalue weighted by molar-refractivity contribution is -0.293. The molecule has 2 aliphatic rings. The Morgan fingerprint density at radius 2 is 1.04 bits per heavy atom. The summed E-state index contributed by atoms with van der Waals surface area (Å²) in [4.78, 5) is 9.80. The van der Waals surface area contributed by atoms with E-state index in [0.29, 0.717) is 0 Å². The molecule has 0 amide bonds. The summed E-state index contributed by atoms with van der Waals surface area (Å²) in [5.74, 6) is 0. The molecule has 2 aliphatic heterocycles. The molecule has 0 saturated carbocycles. The fourth-order valence-electron chi connectivity index (χ4n) is 2.70. The van der Waals surface area contributed by atoms with Crippen molar-refractivity contribution in [2.24, 2.45) is 0 Å². The summed E-state index contributed by atoms with van der Waals surface area (Å²) < 4.78 is 30.8. The zero-order valence-electron chi connectivity index (χ0n) is 13.7. The third kappa shape index (κ3) is 5.01. The van der Waals surface area contributed by atoms with E-state index in [0.717, 1.165) is 0 Å². The first-order valence-corrected chi connectivity index (χ1v) is 9.32. The van der Waals surface area contributed by atoms with E-state index in [1.165, 1.54) is 0 Å². The molecule has 0 spiro atoms. The molecule has 2 saturated heterocycles. The van der Waals surface area contributed by atoms with Crippen molar-refractivity contribution in [2.45, 2.75) is 61.4 Å². The number of ether oxygens (including phenoxy) is 2. The molecule has 27 heavy (non-hydrogen) atoms. The predicted molar refractivity (Wildman–Crippen MR) is 79.5 cm³/mol. The minimum atomic E-state index is -5.24. The molecular weight excluding hydrogens is 399 g/mol. The molecule has 2 heterocycles. The average Bonchev–Trinajstić information content (AvgIpc) is 2.61. The molecule has 0 bridgehead atoms. The molecule has 9 N–H and O–H groups in total. The molecule has 2 rings (SSSR count). The van der Waals surface area contributed by atoms with Gasteiger partial charge in [0, 0.05) is 0 Å². The SMILES string of the molecule is O=P(O)(O[C@@H]1[C@@H](O)[C@H](O)[C@@H](CO)O[C@@H]1O)O[C@@H]1[C@@H](O)[C@H](O)[C@@H](CO)O[C@@H]1O. The summed E-state index contributed by atoms with van der Waals surface area (Å²) in [7, 11) is -5.24. The summed E-state index contributed by atoms with van der Waals surface area (Å²) in [5, 5.41) is 76.6. The minimum Gasteiger partial charge on any atom is -0.394 e. The summed E-state index contributed by atoms with van der Waals surface area (Å²) in [6.07, 6.45) is -18.3. The number of rotatable bonds is 6. The van der Waals surface area contributed by atoms with Gasteiger partial charge in [-0.05, 0) is 0 Å². The van der Waals surface area contributed by atoms with Crippen LogP contribution in [0.15, 0.2) is 0 Å². The van der Waals surface area contributed by atoms with E-state index in [1.807, 2.05) is 0 Å². The fraction of sp³-hybridized carbons (Fsp3) is 1.00. The van der Waals surface area contributed by atoms with Gasteiger partial charge in [-0.15, -0.1) is 0 Å². The number of aliphatic hydroxyl groups is 8. The highest BCUT2D eigenvalue weighted by Crippen LogP contribution is 2.49. The standard InChI is InChI=1S/C12H23O14P/c13-1-3-5(15)7(17)9(11(19)23-3)25-27(21,22)26-10-8(18)6(16)4(2-14)24-12(10)20/h3-20H,1-2H2,(H,21,22)/t3-,4-,5-,6-,7+,8+,9-,10-,11+,12+/m1/s1. The normalized spacial score (nSPS) is 46.4.